The summed E-state index contributed by atoms with van der Waals surface area (Å²) in [6, 6.07) is 0. The summed E-state index contributed by atoms with van der Waals surface area (Å²) in [5, 5.41) is 0. The Hall–Kier alpha value is -0.570. The zero-order valence-electron chi connectivity index (χ0n) is 9.05. The van der Waals surface area contributed by atoms with Crippen molar-refractivity contribution in [1.82, 2.24) is 0 Å². The van der Waals surface area contributed by atoms with Crippen molar-refractivity contribution in [2.24, 2.45) is 0 Å². The van der Waals surface area contributed by atoms with Gasteiger partial charge in [0.2, 0.25) is 0 Å². The van der Waals surface area contributed by atoms with Crippen LogP contribution in [0.4, 0.5) is 0 Å². The van der Waals surface area contributed by atoms with Crippen LogP contribution in [-0.4, -0.2) is 25.3 Å². The van der Waals surface area contributed by atoms with Gasteiger partial charge in [-0.15, -0.1) is 0 Å². The van der Waals surface area contributed by atoms with E-state index in [4.69, 9.17) is 4.74 Å². The van der Waals surface area contributed by atoms with Crippen molar-refractivity contribution >= 4 is 5.97 Å². The van der Waals surface area contributed by atoms with Crippen LogP contribution in [-0.2, 0) is 14.3 Å². The third-order valence-corrected chi connectivity index (χ3v) is 2.10. The lowest BCUT2D eigenvalue weighted by Gasteiger charge is -2.23. The topological polar surface area (TPSA) is 35.5 Å². The lowest BCUT2D eigenvalue weighted by Crippen LogP contribution is -2.23. The second-order valence-corrected chi connectivity index (χ2v) is 3.64. The van der Waals surface area contributed by atoms with E-state index >= 15 is 0 Å². The lowest BCUT2D eigenvalue weighted by atomic mass is 10.1. The molecule has 0 aromatic rings. The predicted molar refractivity (Wildman–Crippen MR) is 51.6 cm³/mol. The van der Waals surface area contributed by atoms with Crippen LogP contribution in [0.2, 0.25) is 0 Å². The molecule has 0 aliphatic heterocycles. The molecule has 0 rings (SSSR count). The van der Waals surface area contributed by atoms with Crippen LogP contribution < -0.4 is 0 Å². The lowest BCUT2D eigenvalue weighted by molar-refractivity contribution is -0.141. The summed E-state index contributed by atoms with van der Waals surface area (Å²) in [5.41, 5.74) is -0.0733. The molecule has 0 atom stereocenters. The summed E-state index contributed by atoms with van der Waals surface area (Å²) in [6.45, 7) is 6.80. The SMILES string of the molecule is CCC(C)(C)OCCCC(=O)OC. The summed E-state index contributed by atoms with van der Waals surface area (Å²) < 4.78 is 10.1. The normalized spacial score (nSPS) is 11.4. The van der Waals surface area contributed by atoms with E-state index in [1.165, 1.54) is 7.11 Å². The molecular formula is C10H20O3. The van der Waals surface area contributed by atoms with Gasteiger partial charge in [-0.3, -0.25) is 4.79 Å². The van der Waals surface area contributed by atoms with Gasteiger partial charge in [0.05, 0.1) is 12.7 Å². The van der Waals surface area contributed by atoms with Crippen LogP contribution in [0.15, 0.2) is 0 Å². The first-order chi connectivity index (χ1) is 6.02. The van der Waals surface area contributed by atoms with Gasteiger partial charge in [0.25, 0.3) is 0 Å². The number of methoxy groups -OCH3 is 1. The van der Waals surface area contributed by atoms with Gasteiger partial charge in [-0.25, -0.2) is 0 Å². The molecule has 78 valence electrons. The quantitative estimate of drug-likeness (QED) is 0.473. The fourth-order valence-electron chi connectivity index (χ4n) is 0.769. The fraction of sp³-hybridized carbons (Fsp3) is 0.900. The molecule has 3 nitrogen and oxygen atoms in total. The number of carbonyl (C=O) groups excluding carboxylic acids is 1. The Morgan fingerprint density at radius 2 is 2.00 bits per heavy atom. The standard InChI is InChI=1S/C10H20O3/c1-5-10(2,3)13-8-6-7-9(11)12-4/h5-8H2,1-4H3. The Morgan fingerprint density at radius 1 is 1.38 bits per heavy atom. The first kappa shape index (κ1) is 12.4. The minimum atomic E-state index is -0.169. The van der Waals surface area contributed by atoms with Crippen LogP contribution in [0, 0.1) is 0 Å². The van der Waals surface area contributed by atoms with Gasteiger partial charge in [0, 0.05) is 13.0 Å². The maximum absolute atomic E-state index is 10.7. The van der Waals surface area contributed by atoms with E-state index in [0.29, 0.717) is 13.0 Å². The molecule has 0 heterocycles. The van der Waals surface area contributed by atoms with Crippen molar-refractivity contribution in [3.8, 4) is 0 Å². The van der Waals surface area contributed by atoms with Crippen LogP contribution in [0.3, 0.4) is 0 Å². The number of rotatable bonds is 6. The van der Waals surface area contributed by atoms with Gasteiger partial charge in [0.15, 0.2) is 0 Å². The summed E-state index contributed by atoms with van der Waals surface area (Å²) in [7, 11) is 1.40. The molecule has 0 aliphatic carbocycles. The molecular weight excluding hydrogens is 168 g/mol. The number of hydrogen-bond donors (Lipinski definition) is 0. The molecule has 0 radical (unpaired) electrons. The first-order valence-electron chi connectivity index (χ1n) is 4.72. The number of ether oxygens (including phenoxy) is 2. The highest BCUT2D eigenvalue weighted by molar-refractivity contribution is 5.68. The molecule has 0 amide bonds. The predicted octanol–water partition coefficient (Wildman–Crippen LogP) is 2.14. The molecule has 0 spiro atoms. The van der Waals surface area contributed by atoms with Gasteiger partial charge < -0.3 is 9.47 Å². The molecule has 0 bridgehead atoms. The largest absolute Gasteiger partial charge is 0.469 e. The summed E-state index contributed by atoms with van der Waals surface area (Å²) in [4.78, 5) is 10.7. The van der Waals surface area contributed by atoms with Crippen LogP contribution in [0.25, 0.3) is 0 Å². The molecule has 0 fully saturated rings. The third-order valence-electron chi connectivity index (χ3n) is 2.10. The Bertz CT molecular complexity index is 152. The molecule has 0 aromatic heterocycles. The Labute approximate surface area is 80.4 Å². The summed E-state index contributed by atoms with van der Waals surface area (Å²) >= 11 is 0. The molecule has 3 heteroatoms. The Kier molecular flexibility index (Phi) is 5.71. The molecule has 0 N–H and O–H groups in total. The highest BCUT2D eigenvalue weighted by atomic mass is 16.5. The Morgan fingerprint density at radius 3 is 2.46 bits per heavy atom. The molecule has 0 aliphatic rings. The average Bonchev–Trinajstić information content (AvgIpc) is 2.12. The van der Waals surface area contributed by atoms with Gasteiger partial charge in [-0.1, -0.05) is 6.92 Å². The van der Waals surface area contributed by atoms with E-state index in [1.54, 1.807) is 0 Å². The van der Waals surface area contributed by atoms with Gasteiger partial charge in [-0.2, -0.15) is 0 Å². The average molecular weight is 188 g/mol. The van der Waals surface area contributed by atoms with Gasteiger partial charge in [-0.05, 0) is 26.7 Å². The zero-order valence-corrected chi connectivity index (χ0v) is 9.05. The second-order valence-electron chi connectivity index (χ2n) is 3.64. The van der Waals surface area contributed by atoms with E-state index < -0.39 is 0 Å². The van der Waals surface area contributed by atoms with E-state index in [-0.39, 0.29) is 11.6 Å². The minimum Gasteiger partial charge on any atom is -0.469 e. The van der Waals surface area contributed by atoms with Crippen molar-refractivity contribution in [2.45, 2.75) is 45.6 Å². The Balaban J connectivity index is 3.41. The van der Waals surface area contributed by atoms with Crippen molar-refractivity contribution in [1.29, 1.82) is 0 Å². The smallest absolute Gasteiger partial charge is 0.305 e. The van der Waals surface area contributed by atoms with Crippen LogP contribution in [0.1, 0.15) is 40.0 Å². The highest BCUT2D eigenvalue weighted by Gasteiger charge is 2.14. The fourth-order valence-corrected chi connectivity index (χ4v) is 0.769. The van der Waals surface area contributed by atoms with Crippen molar-refractivity contribution in [3.63, 3.8) is 0 Å². The molecule has 13 heavy (non-hydrogen) atoms. The van der Waals surface area contributed by atoms with E-state index in [1.807, 2.05) is 13.8 Å². The van der Waals surface area contributed by atoms with Gasteiger partial charge in [0.1, 0.15) is 0 Å². The van der Waals surface area contributed by atoms with E-state index in [9.17, 15) is 4.79 Å². The van der Waals surface area contributed by atoms with E-state index in [2.05, 4.69) is 11.7 Å². The summed E-state index contributed by atoms with van der Waals surface area (Å²) in [6.07, 6.45) is 2.15. The third kappa shape index (κ3) is 6.58. The molecule has 0 unspecified atom stereocenters. The zero-order chi connectivity index (χ0) is 10.3. The molecule has 0 saturated heterocycles. The molecule has 0 saturated carbocycles. The van der Waals surface area contributed by atoms with Crippen molar-refractivity contribution < 1.29 is 14.3 Å². The molecule has 0 aromatic carbocycles. The van der Waals surface area contributed by atoms with E-state index in [0.717, 1.165) is 12.8 Å². The maximum Gasteiger partial charge on any atom is 0.305 e. The monoisotopic (exact) mass is 188 g/mol. The second kappa shape index (κ2) is 5.97. The maximum atomic E-state index is 10.7. The van der Waals surface area contributed by atoms with Gasteiger partial charge >= 0.3 is 5.97 Å². The van der Waals surface area contributed by atoms with Crippen LogP contribution >= 0.6 is 0 Å². The number of hydrogen-bond acceptors (Lipinski definition) is 3. The highest BCUT2D eigenvalue weighted by Crippen LogP contribution is 2.13. The first-order valence-corrected chi connectivity index (χ1v) is 4.72. The van der Waals surface area contributed by atoms with Crippen LogP contribution in [0.5, 0.6) is 0 Å². The summed E-state index contributed by atoms with van der Waals surface area (Å²) in [5.74, 6) is -0.169. The van der Waals surface area contributed by atoms with Crippen molar-refractivity contribution in [2.75, 3.05) is 13.7 Å². The minimum absolute atomic E-state index is 0.0733. The number of carbonyl (C=O) groups is 1. The van der Waals surface area contributed by atoms with Crippen molar-refractivity contribution in [3.05, 3.63) is 0 Å². The number of esters is 1.